The first-order chi connectivity index (χ1) is 10.6. The molecule has 22 heavy (non-hydrogen) atoms. The van der Waals surface area contributed by atoms with Gasteiger partial charge in [-0.3, -0.25) is 0 Å². The van der Waals surface area contributed by atoms with Crippen LogP contribution in [-0.4, -0.2) is 26.4 Å². The standard InChI is InChI=1S/C19H22O3/c1-19(2,14-4-8-16(20-3)9-5-14)15-6-10-17(11-7-15)21-12-18-13-22-18/h4-11,18H,12-13H2,1-3H3. The van der Waals surface area contributed by atoms with Crippen molar-refractivity contribution in [3.8, 4) is 11.5 Å². The second-order valence-electron chi connectivity index (χ2n) is 6.14. The average Bonchev–Trinajstić information content (AvgIpc) is 3.38. The number of ether oxygens (including phenoxy) is 3. The van der Waals surface area contributed by atoms with Gasteiger partial charge in [0.2, 0.25) is 0 Å². The molecular weight excluding hydrogens is 276 g/mol. The van der Waals surface area contributed by atoms with Crippen LogP contribution in [0.4, 0.5) is 0 Å². The van der Waals surface area contributed by atoms with Crippen molar-refractivity contribution in [2.45, 2.75) is 25.4 Å². The summed E-state index contributed by atoms with van der Waals surface area (Å²) in [5.41, 5.74) is 2.45. The van der Waals surface area contributed by atoms with Crippen molar-refractivity contribution >= 4 is 0 Å². The molecule has 3 heteroatoms. The minimum Gasteiger partial charge on any atom is -0.497 e. The number of methoxy groups -OCH3 is 1. The van der Waals surface area contributed by atoms with Crippen LogP contribution in [-0.2, 0) is 10.2 Å². The van der Waals surface area contributed by atoms with Crippen LogP contribution in [0.2, 0.25) is 0 Å². The molecule has 2 aromatic rings. The second-order valence-corrected chi connectivity index (χ2v) is 6.14. The lowest BCUT2D eigenvalue weighted by Crippen LogP contribution is -2.18. The van der Waals surface area contributed by atoms with Crippen molar-refractivity contribution in [1.29, 1.82) is 0 Å². The van der Waals surface area contributed by atoms with Gasteiger partial charge in [-0.05, 0) is 35.4 Å². The number of hydrogen-bond acceptors (Lipinski definition) is 3. The normalized spacial score (nSPS) is 17.1. The number of benzene rings is 2. The van der Waals surface area contributed by atoms with E-state index in [4.69, 9.17) is 14.2 Å². The minimum atomic E-state index is -0.0651. The van der Waals surface area contributed by atoms with Gasteiger partial charge in [0.05, 0.1) is 13.7 Å². The third kappa shape index (κ3) is 3.25. The van der Waals surface area contributed by atoms with E-state index in [1.54, 1.807) is 7.11 Å². The van der Waals surface area contributed by atoms with Crippen molar-refractivity contribution in [2.75, 3.05) is 20.3 Å². The minimum absolute atomic E-state index is 0.0651. The van der Waals surface area contributed by atoms with Gasteiger partial charge in [-0.2, -0.15) is 0 Å². The number of epoxide rings is 1. The first-order valence-corrected chi connectivity index (χ1v) is 7.59. The molecular formula is C19H22O3. The Bertz CT molecular complexity index is 610. The Kier molecular flexibility index (Phi) is 4.08. The molecule has 2 aromatic carbocycles. The first-order valence-electron chi connectivity index (χ1n) is 7.59. The lowest BCUT2D eigenvalue weighted by Gasteiger charge is -2.26. The Morgan fingerprint density at radius 2 is 1.45 bits per heavy atom. The number of hydrogen-bond donors (Lipinski definition) is 0. The monoisotopic (exact) mass is 298 g/mol. The van der Waals surface area contributed by atoms with Crippen molar-refractivity contribution in [2.24, 2.45) is 0 Å². The lowest BCUT2D eigenvalue weighted by molar-refractivity contribution is 0.263. The van der Waals surface area contributed by atoms with E-state index in [0.717, 1.165) is 18.1 Å². The Hall–Kier alpha value is -2.00. The zero-order valence-corrected chi connectivity index (χ0v) is 13.3. The molecule has 1 heterocycles. The van der Waals surface area contributed by atoms with E-state index >= 15 is 0 Å². The fourth-order valence-corrected chi connectivity index (χ4v) is 2.50. The van der Waals surface area contributed by atoms with Gasteiger partial charge >= 0.3 is 0 Å². The molecule has 0 amide bonds. The molecule has 0 spiro atoms. The summed E-state index contributed by atoms with van der Waals surface area (Å²) in [7, 11) is 1.69. The zero-order chi connectivity index (χ0) is 15.6. The van der Waals surface area contributed by atoms with Crippen molar-refractivity contribution in [3.05, 3.63) is 59.7 Å². The van der Waals surface area contributed by atoms with E-state index in [1.165, 1.54) is 11.1 Å². The van der Waals surface area contributed by atoms with Gasteiger partial charge in [-0.15, -0.1) is 0 Å². The summed E-state index contributed by atoms with van der Waals surface area (Å²) in [5, 5.41) is 0. The van der Waals surface area contributed by atoms with E-state index in [0.29, 0.717) is 6.61 Å². The summed E-state index contributed by atoms with van der Waals surface area (Å²) in [5.74, 6) is 1.77. The Balaban J connectivity index is 1.74. The molecule has 0 bridgehead atoms. The van der Waals surface area contributed by atoms with Crippen molar-refractivity contribution in [1.82, 2.24) is 0 Å². The molecule has 0 saturated carbocycles. The molecule has 1 atom stereocenters. The Morgan fingerprint density at radius 3 is 1.91 bits per heavy atom. The van der Waals surface area contributed by atoms with Crippen LogP contribution in [0.25, 0.3) is 0 Å². The molecule has 116 valence electrons. The van der Waals surface area contributed by atoms with E-state index in [1.807, 2.05) is 24.3 Å². The second kappa shape index (κ2) is 6.01. The maximum Gasteiger partial charge on any atom is 0.119 e. The molecule has 1 aliphatic rings. The van der Waals surface area contributed by atoms with E-state index < -0.39 is 0 Å². The van der Waals surface area contributed by atoms with Crippen molar-refractivity contribution in [3.63, 3.8) is 0 Å². The molecule has 0 aliphatic carbocycles. The molecule has 3 nitrogen and oxygen atoms in total. The quantitative estimate of drug-likeness (QED) is 0.760. The van der Waals surface area contributed by atoms with Crippen LogP contribution in [0.15, 0.2) is 48.5 Å². The Morgan fingerprint density at radius 1 is 0.955 bits per heavy atom. The van der Waals surface area contributed by atoms with Gasteiger partial charge in [0, 0.05) is 5.41 Å². The third-order valence-corrected chi connectivity index (χ3v) is 4.23. The summed E-state index contributed by atoms with van der Waals surface area (Å²) in [6, 6.07) is 16.6. The summed E-state index contributed by atoms with van der Waals surface area (Å²) in [4.78, 5) is 0. The molecule has 3 rings (SSSR count). The van der Waals surface area contributed by atoms with Gasteiger partial charge in [-0.25, -0.2) is 0 Å². The molecule has 1 saturated heterocycles. The highest BCUT2D eigenvalue weighted by Crippen LogP contribution is 2.33. The maximum absolute atomic E-state index is 5.69. The van der Waals surface area contributed by atoms with Gasteiger partial charge in [0.15, 0.2) is 0 Å². The first kappa shape index (κ1) is 14.9. The molecule has 1 aliphatic heterocycles. The molecule has 0 aromatic heterocycles. The maximum atomic E-state index is 5.69. The SMILES string of the molecule is COc1ccc(C(C)(C)c2ccc(OCC3CO3)cc2)cc1. The zero-order valence-electron chi connectivity index (χ0n) is 13.3. The van der Waals surface area contributed by atoms with Crippen LogP contribution in [0.3, 0.4) is 0 Å². The van der Waals surface area contributed by atoms with Gasteiger partial charge in [0.1, 0.15) is 24.2 Å². The van der Waals surface area contributed by atoms with Gasteiger partial charge < -0.3 is 14.2 Å². The Labute approximate surface area is 131 Å². The van der Waals surface area contributed by atoms with Crippen LogP contribution in [0.1, 0.15) is 25.0 Å². The average molecular weight is 298 g/mol. The van der Waals surface area contributed by atoms with Crippen LogP contribution >= 0.6 is 0 Å². The van der Waals surface area contributed by atoms with E-state index in [-0.39, 0.29) is 11.5 Å². The van der Waals surface area contributed by atoms with E-state index in [2.05, 4.69) is 38.1 Å². The molecule has 0 radical (unpaired) electrons. The summed E-state index contributed by atoms with van der Waals surface area (Å²) in [6.45, 7) is 5.91. The fraction of sp³-hybridized carbons (Fsp3) is 0.368. The van der Waals surface area contributed by atoms with Crippen LogP contribution in [0.5, 0.6) is 11.5 Å². The smallest absolute Gasteiger partial charge is 0.119 e. The lowest BCUT2D eigenvalue weighted by atomic mass is 9.78. The highest BCUT2D eigenvalue weighted by Gasteiger charge is 2.24. The van der Waals surface area contributed by atoms with Crippen LogP contribution in [0, 0.1) is 0 Å². The summed E-state index contributed by atoms with van der Waals surface area (Å²) >= 11 is 0. The largest absolute Gasteiger partial charge is 0.497 e. The van der Waals surface area contributed by atoms with Crippen molar-refractivity contribution < 1.29 is 14.2 Å². The molecule has 1 unspecified atom stereocenters. The van der Waals surface area contributed by atoms with E-state index in [9.17, 15) is 0 Å². The highest BCUT2D eigenvalue weighted by molar-refractivity contribution is 5.41. The molecule has 1 fully saturated rings. The molecule has 0 N–H and O–H groups in total. The number of rotatable bonds is 6. The summed E-state index contributed by atoms with van der Waals surface area (Å²) in [6.07, 6.45) is 0.287. The third-order valence-electron chi connectivity index (χ3n) is 4.23. The fourth-order valence-electron chi connectivity index (χ4n) is 2.50. The van der Waals surface area contributed by atoms with Gasteiger partial charge in [-0.1, -0.05) is 38.1 Å². The predicted molar refractivity (Wildman–Crippen MR) is 86.8 cm³/mol. The van der Waals surface area contributed by atoms with Crippen LogP contribution < -0.4 is 9.47 Å². The summed E-state index contributed by atoms with van der Waals surface area (Å²) < 4.78 is 16.1. The highest BCUT2D eigenvalue weighted by atomic mass is 16.6. The predicted octanol–water partition coefficient (Wildman–Crippen LogP) is 3.80. The topological polar surface area (TPSA) is 31.0 Å². The van der Waals surface area contributed by atoms with Gasteiger partial charge in [0.25, 0.3) is 0 Å².